The van der Waals surface area contributed by atoms with Crippen LogP contribution in [0.1, 0.15) is 0 Å². The molecule has 0 radical (unpaired) electrons. The number of rotatable bonds is 3. The Morgan fingerprint density at radius 2 is 2.22 bits per heavy atom. The Bertz CT molecular complexity index is 766. The Balaban J connectivity index is 2.07. The van der Waals surface area contributed by atoms with Crippen LogP contribution in [0.3, 0.4) is 0 Å². The number of urea groups is 1. The zero-order valence-electron chi connectivity index (χ0n) is 12.1. The molecule has 0 aromatic carbocycles. The SMILES string of the molecule is COC1=NC(NC(=O)NS(=O)(=O)c2cccnc2Cl)N=CN1C. The number of ether oxygens (including phenoxy) is 1. The standard InChI is InChI=1S/C11H13ClN6O4S/c1-18-6-14-9(16-11(18)22-2)15-10(19)17-23(20,21)7-4-3-5-13-8(7)12/h3-6,9H,1-2H3,(H2,15,17,19). The summed E-state index contributed by atoms with van der Waals surface area (Å²) in [5.41, 5.74) is 0. The van der Waals surface area contributed by atoms with E-state index in [1.165, 1.54) is 36.7 Å². The highest BCUT2D eigenvalue weighted by Crippen LogP contribution is 2.17. The lowest BCUT2D eigenvalue weighted by Gasteiger charge is -2.21. The van der Waals surface area contributed by atoms with Crippen molar-refractivity contribution in [2.24, 2.45) is 9.98 Å². The number of methoxy groups -OCH3 is 1. The minimum Gasteiger partial charge on any atom is -0.468 e. The van der Waals surface area contributed by atoms with Crippen molar-refractivity contribution in [2.75, 3.05) is 14.2 Å². The van der Waals surface area contributed by atoms with E-state index in [0.29, 0.717) is 0 Å². The molecule has 12 heteroatoms. The van der Waals surface area contributed by atoms with Crippen molar-refractivity contribution in [2.45, 2.75) is 11.2 Å². The zero-order valence-corrected chi connectivity index (χ0v) is 13.7. The first-order valence-corrected chi connectivity index (χ1v) is 8.01. The molecular weight excluding hydrogens is 348 g/mol. The summed E-state index contributed by atoms with van der Waals surface area (Å²) >= 11 is 5.71. The van der Waals surface area contributed by atoms with E-state index in [0.717, 1.165) is 0 Å². The minimum atomic E-state index is -4.17. The monoisotopic (exact) mass is 360 g/mol. The fourth-order valence-corrected chi connectivity index (χ4v) is 2.97. The fraction of sp³-hybridized carbons (Fsp3) is 0.273. The molecule has 1 aromatic heterocycles. The average molecular weight is 361 g/mol. The van der Waals surface area contributed by atoms with Gasteiger partial charge in [0.15, 0.2) is 0 Å². The van der Waals surface area contributed by atoms with Gasteiger partial charge in [0.2, 0.25) is 6.29 Å². The van der Waals surface area contributed by atoms with Crippen LogP contribution in [0, 0.1) is 0 Å². The third-order valence-corrected chi connectivity index (χ3v) is 4.38. The number of carbonyl (C=O) groups excluding carboxylic acids is 1. The van der Waals surface area contributed by atoms with E-state index in [9.17, 15) is 13.2 Å². The van der Waals surface area contributed by atoms with Crippen molar-refractivity contribution < 1.29 is 17.9 Å². The van der Waals surface area contributed by atoms with Gasteiger partial charge in [0, 0.05) is 13.2 Å². The largest absolute Gasteiger partial charge is 0.468 e. The van der Waals surface area contributed by atoms with Gasteiger partial charge in [-0.3, -0.25) is 10.2 Å². The van der Waals surface area contributed by atoms with Crippen LogP contribution in [0.25, 0.3) is 0 Å². The number of nitrogens with one attached hydrogen (secondary N) is 2. The van der Waals surface area contributed by atoms with Crippen molar-refractivity contribution in [3.8, 4) is 0 Å². The van der Waals surface area contributed by atoms with E-state index in [2.05, 4.69) is 20.3 Å². The quantitative estimate of drug-likeness (QED) is 0.730. The van der Waals surface area contributed by atoms with Gasteiger partial charge in [-0.15, -0.1) is 0 Å². The van der Waals surface area contributed by atoms with Gasteiger partial charge < -0.3 is 4.74 Å². The fourth-order valence-electron chi connectivity index (χ4n) is 1.60. The van der Waals surface area contributed by atoms with E-state index >= 15 is 0 Å². The van der Waals surface area contributed by atoms with Crippen LogP contribution in [-0.4, -0.2) is 57.1 Å². The van der Waals surface area contributed by atoms with Gasteiger partial charge in [-0.1, -0.05) is 11.6 Å². The number of aromatic nitrogens is 1. The summed E-state index contributed by atoms with van der Waals surface area (Å²) in [5, 5.41) is 2.02. The number of pyridine rings is 1. The van der Waals surface area contributed by atoms with E-state index in [-0.39, 0.29) is 16.1 Å². The number of amides is 2. The molecule has 124 valence electrons. The third-order valence-electron chi connectivity index (χ3n) is 2.60. The summed E-state index contributed by atoms with van der Waals surface area (Å²) in [4.78, 5) is 24.5. The molecule has 1 aromatic rings. The predicted octanol–water partition coefficient (Wildman–Crippen LogP) is -0.0174. The second-order valence-corrected chi connectivity index (χ2v) is 6.25. The molecule has 10 nitrogen and oxygen atoms in total. The van der Waals surface area contributed by atoms with Crippen LogP contribution in [0.5, 0.6) is 0 Å². The highest BCUT2D eigenvalue weighted by atomic mass is 35.5. The third kappa shape index (κ3) is 4.07. The van der Waals surface area contributed by atoms with Gasteiger partial charge >= 0.3 is 6.03 Å². The number of sulfonamides is 1. The molecule has 0 bridgehead atoms. The molecule has 2 N–H and O–H groups in total. The number of hydrogen-bond acceptors (Lipinski definition) is 8. The molecule has 0 fully saturated rings. The summed E-state index contributed by atoms with van der Waals surface area (Å²) in [6, 6.07) is 1.80. The summed E-state index contributed by atoms with van der Waals surface area (Å²) in [6.07, 6.45) is 1.69. The molecule has 0 saturated carbocycles. The molecule has 1 atom stereocenters. The predicted molar refractivity (Wildman–Crippen MR) is 82.6 cm³/mol. The molecule has 0 saturated heterocycles. The van der Waals surface area contributed by atoms with Crippen molar-refractivity contribution >= 4 is 40.0 Å². The van der Waals surface area contributed by atoms with Gasteiger partial charge in [-0.25, -0.2) is 27.9 Å². The lowest BCUT2D eigenvalue weighted by atomic mass is 10.5. The molecule has 2 rings (SSSR count). The molecule has 0 spiro atoms. The van der Waals surface area contributed by atoms with Gasteiger partial charge in [-0.2, -0.15) is 4.99 Å². The van der Waals surface area contributed by atoms with Crippen molar-refractivity contribution in [1.82, 2.24) is 19.9 Å². The maximum absolute atomic E-state index is 12.1. The Labute approximate surface area is 137 Å². The summed E-state index contributed by atoms with van der Waals surface area (Å²) in [6.45, 7) is 0. The first-order chi connectivity index (χ1) is 10.8. The normalized spacial score (nSPS) is 17.4. The van der Waals surface area contributed by atoms with Crippen LogP contribution in [0.4, 0.5) is 4.79 Å². The van der Waals surface area contributed by atoms with Crippen LogP contribution in [0.2, 0.25) is 5.15 Å². The first-order valence-electron chi connectivity index (χ1n) is 6.15. The number of hydrogen-bond donors (Lipinski definition) is 2. The summed E-state index contributed by atoms with van der Waals surface area (Å²) in [5.74, 6) is 0. The van der Waals surface area contributed by atoms with Crippen LogP contribution >= 0.6 is 11.6 Å². The van der Waals surface area contributed by atoms with Crippen LogP contribution in [0.15, 0.2) is 33.2 Å². The molecule has 2 amide bonds. The molecule has 23 heavy (non-hydrogen) atoms. The van der Waals surface area contributed by atoms with Crippen molar-refractivity contribution in [3.63, 3.8) is 0 Å². The van der Waals surface area contributed by atoms with Crippen molar-refractivity contribution in [1.29, 1.82) is 0 Å². The maximum atomic E-state index is 12.1. The Hall–Kier alpha value is -2.40. The average Bonchev–Trinajstić information content (AvgIpc) is 2.48. The number of carbonyl (C=O) groups is 1. The Morgan fingerprint density at radius 1 is 1.48 bits per heavy atom. The van der Waals surface area contributed by atoms with Gasteiger partial charge in [0.1, 0.15) is 10.0 Å². The summed E-state index contributed by atoms with van der Waals surface area (Å²) < 4.78 is 30.9. The smallest absolute Gasteiger partial charge is 0.331 e. The zero-order chi connectivity index (χ0) is 17.0. The highest BCUT2D eigenvalue weighted by Gasteiger charge is 2.23. The second-order valence-electron chi connectivity index (χ2n) is 4.24. The number of nitrogens with zero attached hydrogens (tertiary/aromatic N) is 4. The van der Waals surface area contributed by atoms with Crippen LogP contribution in [-0.2, 0) is 14.8 Å². The molecule has 2 heterocycles. The highest BCUT2D eigenvalue weighted by molar-refractivity contribution is 7.90. The lowest BCUT2D eigenvalue weighted by Crippen LogP contribution is -2.46. The second kappa shape index (κ2) is 6.79. The number of halogens is 1. The summed E-state index contributed by atoms with van der Waals surface area (Å²) in [7, 11) is -1.12. The first kappa shape index (κ1) is 17.0. The molecule has 1 aliphatic rings. The topological polar surface area (TPSA) is 125 Å². The van der Waals surface area contributed by atoms with Crippen molar-refractivity contribution in [3.05, 3.63) is 23.5 Å². The Morgan fingerprint density at radius 3 is 2.87 bits per heavy atom. The van der Waals surface area contributed by atoms with E-state index < -0.39 is 22.3 Å². The van der Waals surface area contributed by atoms with Crippen LogP contribution < -0.4 is 10.0 Å². The van der Waals surface area contributed by atoms with Gasteiger partial charge in [-0.05, 0) is 12.1 Å². The minimum absolute atomic E-state index is 0.212. The lowest BCUT2D eigenvalue weighted by molar-refractivity contribution is 0.242. The van der Waals surface area contributed by atoms with E-state index in [1.54, 1.807) is 11.8 Å². The molecular formula is C11H13ClN6O4S. The number of aliphatic imine (C=N–C) groups is 2. The molecule has 0 aliphatic carbocycles. The van der Waals surface area contributed by atoms with E-state index in [4.69, 9.17) is 16.3 Å². The van der Waals surface area contributed by atoms with Gasteiger partial charge in [0.25, 0.3) is 16.0 Å². The number of amidine groups is 1. The Kier molecular flexibility index (Phi) is 5.01. The molecule has 1 unspecified atom stereocenters. The maximum Gasteiger partial charge on any atom is 0.331 e. The molecule has 1 aliphatic heterocycles. The van der Waals surface area contributed by atoms with Gasteiger partial charge in [0.05, 0.1) is 13.4 Å². The van der Waals surface area contributed by atoms with E-state index in [1.807, 2.05) is 0 Å².